The van der Waals surface area contributed by atoms with Crippen molar-refractivity contribution >= 4 is 38.6 Å². The fourth-order valence-electron chi connectivity index (χ4n) is 1.54. The molecule has 0 unspecified atom stereocenters. The highest BCUT2D eigenvalue weighted by atomic mass is 79.9. The van der Waals surface area contributed by atoms with Gasteiger partial charge in [-0.3, -0.25) is 10.4 Å². The van der Waals surface area contributed by atoms with E-state index in [-0.39, 0.29) is 0 Å². The van der Waals surface area contributed by atoms with Gasteiger partial charge in [-0.15, -0.1) is 6.58 Å². The van der Waals surface area contributed by atoms with Crippen molar-refractivity contribution in [2.45, 2.75) is 0 Å². The number of hydrogen-bond acceptors (Lipinski definition) is 4. The highest BCUT2D eigenvalue weighted by Gasteiger charge is 2.13. The lowest BCUT2D eigenvalue weighted by Crippen LogP contribution is -2.25. The van der Waals surface area contributed by atoms with Gasteiger partial charge in [0.1, 0.15) is 5.75 Å². The first-order chi connectivity index (χ1) is 9.24. The monoisotopic (exact) mass is 339 g/mol. The maximum atomic E-state index is 5.21. The van der Waals surface area contributed by atoms with Crippen LogP contribution >= 0.6 is 27.7 Å². The van der Waals surface area contributed by atoms with Gasteiger partial charge in [0, 0.05) is 5.75 Å². The van der Waals surface area contributed by atoms with Gasteiger partial charge < -0.3 is 4.74 Å². The van der Waals surface area contributed by atoms with Crippen molar-refractivity contribution in [1.82, 2.24) is 5.43 Å². The predicted molar refractivity (Wildman–Crippen MR) is 85.3 cm³/mol. The minimum absolute atomic E-state index is 0.605. The van der Waals surface area contributed by atoms with E-state index in [1.807, 2.05) is 18.2 Å². The van der Waals surface area contributed by atoms with Crippen molar-refractivity contribution in [2.75, 3.05) is 19.4 Å². The van der Waals surface area contributed by atoms with E-state index in [4.69, 9.17) is 4.74 Å². The van der Waals surface area contributed by atoms with E-state index in [0.29, 0.717) is 6.54 Å². The fraction of sp³-hybridized carbons (Fsp3) is 0.231. The van der Waals surface area contributed by atoms with Gasteiger partial charge in [-0.05, 0) is 39.7 Å². The van der Waals surface area contributed by atoms with Crippen LogP contribution < -0.4 is 10.2 Å². The zero-order chi connectivity index (χ0) is 13.7. The Balaban J connectivity index is 2.14. The molecule has 0 saturated heterocycles. The molecule has 19 heavy (non-hydrogen) atoms. The van der Waals surface area contributed by atoms with Crippen LogP contribution in [0.25, 0.3) is 0 Å². The summed E-state index contributed by atoms with van der Waals surface area (Å²) in [5, 5.41) is 5.18. The van der Waals surface area contributed by atoms with Crippen molar-refractivity contribution in [3.05, 3.63) is 40.9 Å². The van der Waals surface area contributed by atoms with Crippen LogP contribution in [-0.2, 0) is 0 Å². The summed E-state index contributed by atoms with van der Waals surface area (Å²) in [7, 11) is 1.65. The molecule has 0 radical (unpaired) electrons. The van der Waals surface area contributed by atoms with Crippen LogP contribution in [0.5, 0.6) is 5.75 Å². The Morgan fingerprint density at radius 2 is 2.47 bits per heavy atom. The zero-order valence-corrected chi connectivity index (χ0v) is 12.9. The highest BCUT2D eigenvalue weighted by Crippen LogP contribution is 2.26. The summed E-state index contributed by atoms with van der Waals surface area (Å²) < 4.78 is 6.14. The van der Waals surface area contributed by atoms with Gasteiger partial charge in [0.05, 0.1) is 23.8 Å². The van der Waals surface area contributed by atoms with E-state index >= 15 is 0 Å². The molecule has 0 atom stereocenters. The largest absolute Gasteiger partial charge is 0.496 e. The smallest absolute Gasteiger partial charge is 0.177 e. The van der Waals surface area contributed by atoms with Gasteiger partial charge in [0.2, 0.25) is 0 Å². The lowest BCUT2D eigenvalue weighted by atomic mass is 10.1. The number of aliphatic imine (C=N–C) groups is 1. The first-order valence-electron chi connectivity index (χ1n) is 5.69. The summed E-state index contributed by atoms with van der Waals surface area (Å²) >= 11 is 5.11. The number of nitrogens with one attached hydrogen (secondary N) is 1. The second kappa shape index (κ2) is 6.77. The second-order valence-corrected chi connectivity index (χ2v) is 5.56. The molecule has 1 N–H and O–H groups in total. The molecule has 4 nitrogen and oxygen atoms in total. The lowest BCUT2D eigenvalue weighted by Gasteiger charge is -2.15. The maximum Gasteiger partial charge on any atom is 0.177 e. The molecule has 0 fully saturated rings. The molecule has 0 aromatic heterocycles. The highest BCUT2D eigenvalue weighted by molar-refractivity contribution is 9.10. The molecule has 0 aliphatic carbocycles. The number of thioether (sulfide) groups is 1. The summed E-state index contributed by atoms with van der Waals surface area (Å²) in [5.74, 6) is 1.61. The minimum Gasteiger partial charge on any atom is -0.496 e. The van der Waals surface area contributed by atoms with E-state index in [9.17, 15) is 0 Å². The summed E-state index contributed by atoms with van der Waals surface area (Å²) in [4.78, 5) is 4.29. The van der Waals surface area contributed by atoms with Crippen LogP contribution in [-0.4, -0.2) is 30.3 Å². The molecule has 0 amide bonds. The zero-order valence-electron chi connectivity index (χ0n) is 10.5. The van der Waals surface area contributed by atoms with Crippen molar-refractivity contribution in [3.63, 3.8) is 0 Å². The summed E-state index contributed by atoms with van der Waals surface area (Å²) in [5.41, 5.74) is 5.01. The minimum atomic E-state index is 0.605. The van der Waals surface area contributed by atoms with E-state index in [0.717, 1.165) is 32.4 Å². The van der Waals surface area contributed by atoms with Gasteiger partial charge in [-0.1, -0.05) is 17.8 Å². The Bertz CT molecular complexity index is 543. The molecule has 0 bridgehead atoms. The third-order valence-electron chi connectivity index (χ3n) is 2.48. The number of ether oxygens (including phenoxy) is 1. The molecule has 0 saturated carbocycles. The fourth-order valence-corrected chi connectivity index (χ4v) is 2.86. The number of amidine groups is 1. The Morgan fingerprint density at radius 3 is 3.05 bits per heavy atom. The number of nitrogens with zero attached hydrogens (tertiary/aromatic N) is 2. The summed E-state index contributed by atoms with van der Waals surface area (Å²) in [6.07, 6.45) is 1.76. The molecule has 1 heterocycles. The number of hydrazone groups is 1. The number of rotatable bonds is 4. The van der Waals surface area contributed by atoms with Crippen LogP contribution in [0, 0.1) is 0 Å². The van der Waals surface area contributed by atoms with Crippen LogP contribution in [0.4, 0.5) is 0 Å². The summed E-state index contributed by atoms with van der Waals surface area (Å²) in [6, 6.07) is 5.93. The predicted octanol–water partition coefficient (Wildman–Crippen LogP) is 3.04. The first-order valence-corrected chi connectivity index (χ1v) is 7.47. The van der Waals surface area contributed by atoms with Gasteiger partial charge >= 0.3 is 0 Å². The molecular weight excluding hydrogens is 326 g/mol. The van der Waals surface area contributed by atoms with Crippen LogP contribution in [0.3, 0.4) is 0 Å². The third kappa shape index (κ3) is 3.61. The Labute approximate surface area is 125 Å². The Morgan fingerprint density at radius 1 is 1.63 bits per heavy atom. The average Bonchev–Trinajstić information content (AvgIpc) is 2.45. The van der Waals surface area contributed by atoms with E-state index in [1.54, 1.807) is 24.9 Å². The number of benzene rings is 1. The molecule has 0 spiro atoms. The van der Waals surface area contributed by atoms with Crippen molar-refractivity contribution in [3.8, 4) is 5.75 Å². The molecule has 1 aromatic rings. The van der Waals surface area contributed by atoms with Gasteiger partial charge in [0.15, 0.2) is 5.17 Å². The number of halogens is 1. The average molecular weight is 340 g/mol. The Kier molecular flexibility index (Phi) is 5.04. The first kappa shape index (κ1) is 14.1. The molecule has 1 aliphatic heterocycles. The van der Waals surface area contributed by atoms with E-state index < -0.39 is 0 Å². The molecule has 1 aliphatic rings. The standard InChI is InChI=1S/C13H14BrN3OS/c1-3-6-15-13-17-16-11(8-19-13)9-4-5-12(18-2)10(14)7-9/h3-5,7H,1,6,8H2,2H3,(H,15,17). The van der Waals surface area contributed by atoms with Crippen LogP contribution in [0.15, 0.2) is 45.4 Å². The van der Waals surface area contributed by atoms with Crippen LogP contribution in [0.1, 0.15) is 5.56 Å². The maximum absolute atomic E-state index is 5.21. The van der Waals surface area contributed by atoms with Gasteiger partial charge in [-0.25, -0.2) is 0 Å². The van der Waals surface area contributed by atoms with Gasteiger partial charge in [0.25, 0.3) is 0 Å². The number of hydrogen-bond donors (Lipinski definition) is 1. The normalized spacial score (nSPS) is 16.7. The Hall–Kier alpha value is -1.27. The summed E-state index contributed by atoms with van der Waals surface area (Å²) in [6.45, 7) is 4.24. The van der Waals surface area contributed by atoms with Crippen molar-refractivity contribution < 1.29 is 4.74 Å². The number of methoxy groups -OCH3 is 1. The second-order valence-electron chi connectivity index (χ2n) is 3.74. The van der Waals surface area contributed by atoms with Crippen LogP contribution in [0.2, 0.25) is 0 Å². The van der Waals surface area contributed by atoms with E-state index in [1.165, 1.54) is 0 Å². The van der Waals surface area contributed by atoms with Crippen molar-refractivity contribution in [1.29, 1.82) is 0 Å². The molecular formula is C13H14BrN3OS. The third-order valence-corrected chi connectivity index (χ3v) is 4.01. The SMILES string of the molecule is C=CCN=C1NN=C(c2ccc(OC)c(Br)c2)CS1. The quantitative estimate of drug-likeness (QED) is 0.857. The molecule has 6 heteroatoms. The van der Waals surface area contributed by atoms with E-state index in [2.05, 4.69) is 38.0 Å². The molecule has 1 aromatic carbocycles. The topological polar surface area (TPSA) is 46.0 Å². The molecule has 100 valence electrons. The molecule has 2 rings (SSSR count). The van der Waals surface area contributed by atoms with Gasteiger partial charge in [-0.2, -0.15) is 5.10 Å². The van der Waals surface area contributed by atoms with Crippen molar-refractivity contribution in [2.24, 2.45) is 10.1 Å². The lowest BCUT2D eigenvalue weighted by molar-refractivity contribution is 0.412.